The first-order valence-corrected chi connectivity index (χ1v) is 10.5. The van der Waals surface area contributed by atoms with E-state index in [9.17, 15) is 8.42 Å². The summed E-state index contributed by atoms with van der Waals surface area (Å²) in [5, 5.41) is 7.53. The molecule has 1 heterocycles. The molecule has 1 aromatic rings. The van der Waals surface area contributed by atoms with Gasteiger partial charge in [0, 0.05) is 43.4 Å². The molecule has 0 unspecified atom stereocenters. The molecule has 0 atom stereocenters. The van der Waals surface area contributed by atoms with Gasteiger partial charge in [0.15, 0.2) is 5.96 Å². The first-order chi connectivity index (χ1) is 10.4. The summed E-state index contributed by atoms with van der Waals surface area (Å²) in [5.41, 5.74) is 0. The van der Waals surface area contributed by atoms with Crippen LogP contribution >= 0.6 is 11.3 Å². The number of nitrogens with one attached hydrogen (secondary N) is 2. The number of guanidine groups is 1. The quantitative estimate of drug-likeness (QED) is 0.399. The molecule has 0 aliphatic heterocycles. The van der Waals surface area contributed by atoms with Gasteiger partial charge in [0.2, 0.25) is 0 Å². The second-order valence-corrected chi connectivity index (χ2v) is 8.45. The standard InChI is InChI=1S/C14H26N4O2S2/c1-4-12-11-18-13(21-12)7-9-17-14(15-5-2)16-8-6-10-22(3,19)20/h11H,4-10H2,1-3H3,(H2,15,16,17). The van der Waals surface area contributed by atoms with E-state index in [1.807, 2.05) is 13.1 Å². The highest BCUT2D eigenvalue weighted by molar-refractivity contribution is 7.90. The maximum absolute atomic E-state index is 11.1. The van der Waals surface area contributed by atoms with Gasteiger partial charge in [-0.25, -0.2) is 13.4 Å². The molecule has 0 radical (unpaired) electrons. The number of hydrogen-bond acceptors (Lipinski definition) is 5. The molecule has 22 heavy (non-hydrogen) atoms. The van der Waals surface area contributed by atoms with Crippen LogP contribution in [0.3, 0.4) is 0 Å². The maximum Gasteiger partial charge on any atom is 0.191 e. The molecule has 126 valence electrons. The molecule has 0 bridgehead atoms. The van der Waals surface area contributed by atoms with Crippen LogP contribution < -0.4 is 10.6 Å². The maximum atomic E-state index is 11.1. The third-order valence-corrected chi connectivity index (χ3v) is 5.10. The van der Waals surface area contributed by atoms with Crippen molar-refractivity contribution < 1.29 is 8.42 Å². The highest BCUT2D eigenvalue weighted by Crippen LogP contribution is 2.13. The lowest BCUT2D eigenvalue weighted by Crippen LogP contribution is -2.38. The van der Waals surface area contributed by atoms with Crippen LogP contribution in [0.25, 0.3) is 0 Å². The molecule has 6 nitrogen and oxygen atoms in total. The summed E-state index contributed by atoms with van der Waals surface area (Å²) >= 11 is 1.74. The van der Waals surface area contributed by atoms with Gasteiger partial charge in [-0.15, -0.1) is 11.3 Å². The van der Waals surface area contributed by atoms with E-state index in [1.165, 1.54) is 11.1 Å². The molecule has 0 saturated heterocycles. The number of rotatable bonds is 9. The van der Waals surface area contributed by atoms with Crippen molar-refractivity contribution in [3.63, 3.8) is 0 Å². The number of thiazole rings is 1. The average molecular weight is 347 g/mol. The third kappa shape index (κ3) is 8.33. The van der Waals surface area contributed by atoms with Crippen LogP contribution in [0.4, 0.5) is 0 Å². The number of aryl methyl sites for hydroxylation is 1. The molecule has 0 aliphatic carbocycles. The Balaban J connectivity index is 2.36. The van der Waals surface area contributed by atoms with E-state index in [0.29, 0.717) is 13.0 Å². The molecule has 1 rings (SSSR count). The highest BCUT2D eigenvalue weighted by atomic mass is 32.2. The van der Waals surface area contributed by atoms with E-state index < -0.39 is 9.84 Å². The van der Waals surface area contributed by atoms with E-state index in [2.05, 4.69) is 27.5 Å². The molecule has 2 N–H and O–H groups in total. The number of aromatic nitrogens is 1. The molecule has 0 amide bonds. The van der Waals surface area contributed by atoms with Crippen molar-refractivity contribution in [3.8, 4) is 0 Å². The van der Waals surface area contributed by atoms with Gasteiger partial charge in [0.25, 0.3) is 0 Å². The summed E-state index contributed by atoms with van der Waals surface area (Å²) in [6, 6.07) is 0. The van der Waals surface area contributed by atoms with E-state index in [-0.39, 0.29) is 5.75 Å². The molecular weight excluding hydrogens is 320 g/mol. The van der Waals surface area contributed by atoms with Gasteiger partial charge in [0.05, 0.1) is 10.8 Å². The second-order valence-electron chi connectivity index (χ2n) is 4.99. The Labute approximate surface area is 137 Å². The van der Waals surface area contributed by atoms with E-state index >= 15 is 0 Å². The number of hydrogen-bond donors (Lipinski definition) is 2. The van der Waals surface area contributed by atoms with Gasteiger partial charge in [-0.2, -0.15) is 0 Å². The monoisotopic (exact) mass is 346 g/mol. The Bertz CT molecular complexity index is 567. The Kier molecular flexibility index (Phi) is 8.40. The van der Waals surface area contributed by atoms with Gasteiger partial charge in [-0.1, -0.05) is 6.92 Å². The number of sulfone groups is 1. The number of nitrogens with zero attached hydrogens (tertiary/aromatic N) is 2. The fraction of sp³-hybridized carbons (Fsp3) is 0.714. The lowest BCUT2D eigenvalue weighted by atomic mass is 10.4. The summed E-state index contributed by atoms with van der Waals surface area (Å²) in [7, 11) is -2.90. The SMILES string of the molecule is CCNC(=NCCCS(C)(=O)=O)NCCc1ncc(CC)s1. The lowest BCUT2D eigenvalue weighted by Gasteiger charge is -2.10. The summed E-state index contributed by atoms with van der Waals surface area (Å²) in [4.78, 5) is 10.1. The summed E-state index contributed by atoms with van der Waals surface area (Å²) < 4.78 is 22.1. The smallest absolute Gasteiger partial charge is 0.191 e. The fourth-order valence-corrected chi connectivity index (χ4v) is 3.29. The Hall–Kier alpha value is -1.15. The van der Waals surface area contributed by atoms with Crippen molar-refractivity contribution in [1.82, 2.24) is 15.6 Å². The number of aliphatic imine (C=N–C) groups is 1. The first-order valence-electron chi connectivity index (χ1n) is 7.58. The van der Waals surface area contributed by atoms with Crippen molar-refractivity contribution in [2.75, 3.05) is 31.6 Å². The molecule has 0 aliphatic rings. The zero-order valence-electron chi connectivity index (χ0n) is 13.6. The molecule has 8 heteroatoms. The van der Waals surface area contributed by atoms with Crippen LogP contribution in [0, 0.1) is 0 Å². The van der Waals surface area contributed by atoms with Gasteiger partial charge in [-0.3, -0.25) is 4.99 Å². The molecule has 0 aromatic carbocycles. The first kappa shape index (κ1) is 18.9. The Morgan fingerprint density at radius 3 is 2.73 bits per heavy atom. The lowest BCUT2D eigenvalue weighted by molar-refractivity contribution is 0.599. The van der Waals surface area contributed by atoms with Gasteiger partial charge >= 0.3 is 0 Å². The summed E-state index contributed by atoms with van der Waals surface area (Å²) in [6.07, 6.45) is 5.61. The normalized spacial score (nSPS) is 12.4. The fourth-order valence-electron chi connectivity index (χ4n) is 1.77. The minimum atomic E-state index is -2.90. The van der Waals surface area contributed by atoms with Gasteiger partial charge < -0.3 is 10.6 Å². The van der Waals surface area contributed by atoms with Crippen LogP contribution in [0.2, 0.25) is 0 Å². The van der Waals surface area contributed by atoms with E-state index in [0.717, 1.165) is 36.9 Å². The van der Waals surface area contributed by atoms with Crippen LogP contribution in [0.5, 0.6) is 0 Å². The second kappa shape index (κ2) is 9.78. The third-order valence-electron chi connectivity index (χ3n) is 2.87. The molecule has 0 spiro atoms. The summed E-state index contributed by atoms with van der Waals surface area (Å²) in [5.74, 6) is 0.901. The van der Waals surface area contributed by atoms with Crippen LogP contribution in [0.1, 0.15) is 30.2 Å². The average Bonchev–Trinajstić information content (AvgIpc) is 2.90. The zero-order valence-corrected chi connectivity index (χ0v) is 15.2. The van der Waals surface area contributed by atoms with Gasteiger partial charge in [-0.05, 0) is 19.8 Å². The van der Waals surface area contributed by atoms with Crippen LogP contribution in [-0.4, -0.2) is 51.0 Å². The predicted molar refractivity (Wildman–Crippen MR) is 93.5 cm³/mol. The Morgan fingerprint density at radius 1 is 1.36 bits per heavy atom. The van der Waals surface area contributed by atoms with Crippen LogP contribution in [-0.2, 0) is 22.7 Å². The van der Waals surface area contributed by atoms with Crippen molar-refractivity contribution >= 4 is 27.1 Å². The molecule has 1 aromatic heterocycles. The van der Waals surface area contributed by atoms with Crippen molar-refractivity contribution in [2.45, 2.75) is 33.1 Å². The summed E-state index contributed by atoms with van der Waals surface area (Å²) in [6.45, 7) is 6.16. The predicted octanol–water partition coefficient (Wildman–Crippen LogP) is 1.24. The minimum absolute atomic E-state index is 0.175. The minimum Gasteiger partial charge on any atom is -0.357 e. The van der Waals surface area contributed by atoms with Crippen molar-refractivity contribution in [2.24, 2.45) is 4.99 Å². The molecular formula is C14H26N4O2S2. The van der Waals surface area contributed by atoms with Gasteiger partial charge in [0.1, 0.15) is 9.84 Å². The van der Waals surface area contributed by atoms with Crippen LogP contribution in [0.15, 0.2) is 11.2 Å². The zero-order chi connectivity index (χ0) is 16.4. The molecule has 0 saturated carbocycles. The van der Waals surface area contributed by atoms with E-state index in [4.69, 9.17) is 0 Å². The molecule has 0 fully saturated rings. The topological polar surface area (TPSA) is 83.5 Å². The van der Waals surface area contributed by atoms with Crippen molar-refractivity contribution in [3.05, 3.63) is 16.1 Å². The van der Waals surface area contributed by atoms with Crippen molar-refractivity contribution in [1.29, 1.82) is 0 Å². The largest absolute Gasteiger partial charge is 0.357 e. The highest BCUT2D eigenvalue weighted by Gasteiger charge is 2.03. The van der Waals surface area contributed by atoms with E-state index in [1.54, 1.807) is 11.3 Å². The Morgan fingerprint density at radius 2 is 2.14 bits per heavy atom.